The lowest BCUT2D eigenvalue weighted by atomic mass is 10.1. The lowest BCUT2D eigenvalue weighted by Crippen LogP contribution is -2.49. The molecular weight excluding hydrogens is 634 g/mol. The summed E-state index contributed by atoms with van der Waals surface area (Å²) in [7, 11) is 4.15. The van der Waals surface area contributed by atoms with Gasteiger partial charge in [-0.25, -0.2) is 9.59 Å². The van der Waals surface area contributed by atoms with Crippen molar-refractivity contribution in [1.29, 1.82) is 0 Å². The zero-order chi connectivity index (χ0) is 35.2. The molecule has 1 unspecified atom stereocenters. The predicted octanol–water partition coefficient (Wildman–Crippen LogP) is 4.80. The van der Waals surface area contributed by atoms with Gasteiger partial charge in [-0.15, -0.1) is 0 Å². The first-order valence-electron chi connectivity index (χ1n) is 14.9. The Morgan fingerprint density at radius 1 is 1.00 bits per heavy atom. The number of carbonyl (C=O) groups is 4. The second-order valence-electron chi connectivity index (χ2n) is 10.3. The number of carbonyl (C=O) groups excluding carboxylic acids is 4. The minimum atomic E-state index is -1.14. The van der Waals surface area contributed by atoms with Crippen molar-refractivity contribution in [1.82, 2.24) is 4.90 Å². The van der Waals surface area contributed by atoms with E-state index in [-0.39, 0.29) is 67.7 Å². The number of hydrogen-bond acceptors (Lipinski definition) is 13. The van der Waals surface area contributed by atoms with Crippen molar-refractivity contribution < 1.29 is 57.3 Å². The first-order valence-corrected chi connectivity index (χ1v) is 14.9. The Morgan fingerprint density at radius 3 is 2.35 bits per heavy atom. The van der Waals surface area contributed by atoms with Crippen LogP contribution in [0.25, 0.3) is 0 Å². The van der Waals surface area contributed by atoms with Gasteiger partial charge in [-0.1, -0.05) is 12.7 Å². The van der Waals surface area contributed by atoms with Crippen LogP contribution in [0, 0.1) is 10.1 Å². The van der Waals surface area contributed by atoms with Gasteiger partial charge >= 0.3 is 24.1 Å². The maximum atomic E-state index is 13.9. The van der Waals surface area contributed by atoms with Crippen molar-refractivity contribution in [3.63, 3.8) is 0 Å². The molecule has 3 rings (SSSR count). The number of esters is 2. The predicted molar refractivity (Wildman–Crippen MR) is 170 cm³/mol. The molecule has 0 spiro atoms. The molecule has 0 saturated carbocycles. The summed E-state index contributed by atoms with van der Waals surface area (Å²) in [5.74, 6) is -0.244. The number of rotatable bonds is 16. The van der Waals surface area contributed by atoms with Crippen LogP contribution < -0.4 is 23.8 Å². The van der Waals surface area contributed by atoms with E-state index in [1.165, 1.54) is 63.5 Å². The smallest absolute Gasteiger partial charge is 0.423 e. The van der Waals surface area contributed by atoms with E-state index < -0.39 is 47.3 Å². The Balaban J connectivity index is 1.86. The molecule has 1 atom stereocenters. The van der Waals surface area contributed by atoms with Crippen molar-refractivity contribution in [3.8, 4) is 23.0 Å². The van der Waals surface area contributed by atoms with Gasteiger partial charge in [0.15, 0.2) is 23.0 Å². The van der Waals surface area contributed by atoms with Crippen molar-refractivity contribution in [2.75, 3.05) is 52.6 Å². The second-order valence-corrected chi connectivity index (χ2v) is 10.3. The molecule has 3 amide bonds. The molecule has 0 radical (unpaired) electrons. The van der Waals surface area contributed by atoms with Crippen LogP contribution in [0.15, 0.2) is 43.0 Å². The lowest BCUT2D eigenvalue weighted by molar-refractivity contribution is -0.385. The molecule has 260 valence electrons. The number of nitrogens with zero attached hydrogens (tertiary/aromatic N) is 3. The number of nitro benzene ring substituents is 1. The highest BCUT2D eigenvalue weighted by atomic mass is 16.6. The van der Waals surface area contributed by atoms with Gasteiger partial charge in [0.2, 0.25) is 0 Å². The van der Waals surface area contributed by atoms with Gasteiger partial charge in [0, 0.05) is 26.0 Å². The van der Waals surface area contributed by atoms with E-state index in [4.69, 9.17) is 33.2 Å². The van der Waals surface area contributed by atoms with Crippen LogP contribution in [0.5, 0.6) is 23.0 Å². The summed E-state index contributed by atoms with van der Waals surface area (Å²) in [5, 5.41) is 12.0. The number of hydrogen-bond donors (Lipinski definition) is 0. The molecule has 0 aliphatic carbocycles. The Hall–Kier alpha value is -5.54. The lowest BCUT2D eigenvalue weighted by Gasteiger charge is -2.30. The SMILES string of the molecule is C=CCOC(=O)CCCOc1cc([N+](=O)[O-])c(COC(=O)N(C(=O)N2CCCC2COC(C)=O)c2ccc(OC)c(OC)c2)cc1OC. The highest BCUT2D eigenvalue weighted by Crippen LogP contribution is 2.36. The van der Waals surface area contributed by atoms with Gasteiger partial charge in [0.25, 0.3) is 5.69 Å². The molecule has 1 saturated heterocycles. The molecule has 2 aromatic rings. The number of imide groups is 1. The minimum absolute atomic E-state index is 0.0301. The van der Waals surface area contributed by atoms with Gasteiger partial charge in [-0.05, 0) is 37.5 Å². The van der Waals surface area contributed by atoms with Crippen molar-refractivity contribution >= 4 is 35.4 Å². The van der Waals surface area contributed by atoms with Crippen molar-refractivity contribution in [2.45, 2.75) is 45.3 Å². The molecule has 1 aliphatic rings. The second kappa shape index (κ2) is 18.0. The maximum Gasteiger partial charge on any atom is 0.423 e. The fraction of sp³-hybridized carbons (Fsp3) is 0.438. The average molecular weight is 674 g/mol. The molecule has 1 heterocycles. The first-order chi connectivity index (χ1) is 23.0. The van der Waals surface area contributed by atoms with E-state index in [9.17, 15) is 29.3 Å². The number of benzene rings is 2. The molecule has 2 aromatic carbocycles. The Morgan fingerprint density at radius 2 is 1.71 bits per heavy atom. The van der Waals surface area contributed by atoms with Crippen molar-refractivity contribution in [2.24, 2.45) is 0 Å². The Bertz CT molecular complexity index is 1500. The van der Waals surface area contributed by atoms with Crippen LogP contribution in [0.2, 0.25) is 0 Å². The zero-order valence-corrected chi connectivity index (χ0v) is 27.3. The van der Waals surface area contributed by atoms with Gasteiger partial charge in [-0.2, -0.15) is 4.90 Å². The van der Waals surface area contributed by atoms with Gasteiger partial charge < -0.3 is 38.1 Å². The normalized spacial score (nSPS) is 13.6. The molecular formula is C32H39N3O13. The van der Waals surface area contributed by atoms with Crippen molar-refractivity contribution in [3.05, 3.63) is 58.7 Å². The van der Waals surface area contributed by atoms with Crippen LogP contribution in [0.1, 0.15) is 38.2 Å². The van der Waals surface area contributed by atoms with Gasteiger partial charge in [0.05, 0.1) is 56.2 Å². The number of amides is 3. The van der Waals surface area contributed by atoms with E-state index in [2.05, 4.69) is 6.58 Å². The summed E-state index contributed by atoms with van der Waals surface area (Å²) in [4.78, 5) is 64.2. The van der Waals surface area contributed by atoms with Crippen LogP contribution >= 0.6 is 0 Å². The topological polar surface area (TPSA) is 183 Å². The third-order valence-electron chi connectivity index (χ3n) is 7.16. The van der Waals surface area contributed by atoms with Crippen LogP contribution in [-0.2, 0) is 30.4 Å². The Kier molecular flexibility index (Phi) is 13.8. The first kappa shape index (κ1) is 36.9. The molecule has 1 aliphatic heterocycles. The zero-order valence-electron chi connectivity index (χ0n) is 27.3. The van der Waals surface area contributed by atoms with Gasteiger partial charge in [-0.3, -0.25) is 19.7 Å². The summed E-state index contributed by atoms with van der Waals surface area (Å²) >= 11 is 0. The van der Waals surface area contributed by atoms with Crippen LogP contribution in [0.3, 0.4) is 0 Å². The molecule has 1 fully saturated rings. The van der Waals surface area contributed by atoms with E-state index >= 15 is 0 Å². The fourth-order valence-corrected chi connectivity index (χ4v) is 4.84. The third-order valence-corrected chi connectivity index (χ3v) is 7.16. The number of methoxy groups -OCH3 is 3. The summed E-state index contributed by atoms with van der Waals surface area (Å²) in [6.07, 6.45) is 1.77. The summed E-state index contributed by atoms with van der Waals surface area (Å²) in [6.45, 7) is 4.45. The largest absolute Gasteiger partial charge is 0.493 e. The highest BCUT2D eigenvalue weighted by Gasteiger charge is 2.37. The maximum absolute atomic E-state index is 13.9. The molecule has 0 N–H and O–H groups in total. The number of nitro groups is 1. The van der Waals surface area contributed by atoms with Crippen LogP contribution in [-0.4, -0.2) is 87.6 Å². The summed E-state index contributed by atoms with van der Waals surface area (Å²) in [6, 6.07) is 5.52. The molecule has 16 nitrogen and oxygen atoms in total. The highest BCUT2D eigenvalue weighted by molar-refractivity contribution is 6.11. The number of urea groups is 1. The summed E-state index contributed by atoms with van der Waals surface area (Å²) < 4.78 is 37.2. The standard InChI is InChI=1S/C32H39N3O13/c1-6-14-46-30(37)10-8-15-45-29-18-25(35(40)41)22(16-27(29)43-4)19-48-32(39)34(23-11-12-26(42-3)28(17-23)44-5)31(38)33-13-7-9-24(33)20-47-21(2)36/h6,11-12,16-18,24H,1,7-10,13-15,19-20H2,2-5H3. The number of likely N-dealkylation sites (tertiary alicyclic amines) is 1. The fourth-order valence-electron chi connectivity index (χ4n) is 4.84. The Labute approximate surface area is 277 Å². The summed E-state index contributed by atoms with van der Waals surface area (Å²) in [5.41, 5.74) is -0.405. The molecule has 16 heteroatoms. The number of ether oxygens (including phenoxy) is 7. The quantitative estimate of drug-likeness (QED) is 0.0592. The van der Waals surface area contributed by atoms with E-state index in [1.807, 2.05) is 0 Å². The van der Waals surface area contributed by atoms with Gasteiger partial charge in [0.1, 0.15) is 19.8 Å². The molecule has 48 heavy (non-hydrogen) atoms. The third kappa shape index (κ3) is 9.73. The van der Waals surface area contributed by atoms with Crippen LogP contribution in [0.4, 0.5) is 21.0 Å². The number of anilines is 1. The average Bonchev–Trinajstić information content (AvgIpc) is 3.56. The molecule has 0 bridgehead atoms. The van der Waals surface area contributed by atoms with E-state index in [0.29, 0.717) is 18.6 Å². The minimum Gasteiger partial charge on any atom is -0.493 e. The monoisotopic (exact) mass is 673 g/mol. The van der Waals surface area contributed by atoms with E-state index in [0.717, 1.165) is 11.0 Å². The molecule has 0 aromatic heterocycles. The van der Waals surface area contributed by atoms with E-state index in [1.54, 1.807) is 0 Å².